The van der Waals surface area contributed by atoms with Crippen LogP contribution in [0.25, 0.3) is 10.9 Å². The van der Waals surface area contributed by atoms with Gasteiger partial charge in [0.05, 0.1) is 11.5 Å². The molecule has 0 aliphatic carbocycles. The Morgan fingerprint density at radius 3 is 3.00 bits per heavy atom. The summed E-state index contributed by atoms with van der Waals surface area (Å²) in [4.78, 5) is 33.8. The van der Waals surface area contributed by atoms with E-state index in [1.807, 2.05) is 18.2 Å². The molecule has 7 nitrogen and oxygen atoms in total. The highest BCUT2D eigenvalue weighted by atomic mass is 16.5. The number of para-hydroxylation sites is 1. The first-order valence-electron chi connectivity index (χ1n) is 8.33. The van der Waals surface area contributed by atoms with Crippen molar-refractivity contribution in [1.29, 1.82) is 0 Å². The van der Waals surface area contributed by atoms with Crippen molar-refractivity contribution in [2.45, 2.75) is 25.7 Å². The van der Waals surface area contributed by atoms with E-state index >= 15 is 0 Å². The summed E-state index contributed by atoms with van der Waals surface area (Å²) in [7, 11) is 0. The Kier molecular flexibility index (Phi) is 3.83. The van der Waals surface area contributed by atoms with Crippen molar-refractivity contribution in [3.63, 3.8) is 0 Å². The molecule has 1 fully saturated rings. The molecule has 0 radical (unpaired) electrons. The zero-order chi connectivity index (χ0) is 17.4. The van der Waals surface area contributed by atoms with Gasteiger partial charge in [0.1, 0.15) is 0 Å². The number of carbonyl (C=O) groups is 1. The maximum Gasteiger partial charge on any atom is 0.254 e. The SMILES string of the molecule is Cc1noc(C2CCCN(C(=O)c3cc(=O)[nH]c4ccccc34)C2)n1. The number of fused-ring (bicyclic) bond motifs is 1. The number of amides is 1. The summed E-state index contributed by atoms with van der Waals surface area (Å²) >= 11 is 0. The molecule has 0 saturated carbocycles. The van der Waals surface area contributed by atoms with Crippen LogP contribution < -0.4 is 5.56 Å². The van der Waals surface area contributed by atoms with Gasteiger partial charge in [-0.3, -0.25) is 9.59 Å². The lowest BCUT2D eigenvalue weighted by Gasteiger charge is -2.31. The fraction of sp³-hybridized carbons (Fsp3) is 0.333. The number of aryl methyl sites for hydroxylation is 1. The standard InChI is InChI=1S/C18H18N4O3/c1-11-19-17(25-21-11)12-5-4-8-22(10-12)18(24)14-9-16(23)20-15-7-3-2-6-13(14)15/h2-3,6-7,9,12H,4-5,8,10H2,1H3,(H,20,23). The summed E-state index contributed by atoms with van der Waals surface area (Å²) in [6.45, 7) is 2.95. The predicted molar refractivity (Wildman–Crippen MR) is 91.5 cm³/mol. The number of carbonyl (C=O) groups excluding carboxylic acids is 1. The fourth-order valence-corrected chi connectivity index (χ4v) is 3.39. The van der Waals surface area contributed by atoms with Gasteiger partial charge in [-0.1, -0.05) is 23.4 Å². The first-order valence-corrected chi connectivity index (χ1v) is 8.33. The average Bonchev–Trinajstić information content (AvgIpc) is 3.07. The number of aromatic amines is 1. The number of aromatic nitrogens is 3. The number of benzene rings is 1. The molecular formula is C18H18N4O3. The van der Waals surface area contributed by atoms with E-state index in [2.05, 4.69) is 15.1 Å². The molecule has 4 rings (SSSR count). The van der Waals surface area contributed by atoms with Gasteiger partial charge in [0, 0.05) is 30.1 Å². The Bertz CT molecular complexity index is 991. The molecule has 1 aliphatic rings. The van der Waals surface area contributed by atoms with Crippen LogP contribution in [0.4, 0.5) is 0 Å². The Morgan fingerprint density at radius 2 is 2.20 bits per heavy atom. The number of nitrogens with zero attached hydrogens (tertiary/aromatic N) is 3. The molecule has 0 spiro atoms. The van der Waals surface area contributed by atoms with Crippen molar-refractivity contribution in [2.75, 3.05) is 13.1 Å². The van der Waals surface area contributed by atoms with Crippen molar-refractivity contribution in [3.8, 4) is 0 Å². The number of rotatable bonds is 2. The van der Waals surface area contributed by atoms with Gasteiger partial charge in [-0.15, -0.1) is 0 Å². The normalized spacial score (nSPS) is 17.8. The Morgan fingerprint density at radius 1 is 1.36 bits per heavy atom. The number of hydrogen-bond donors (Lipinski definition) is 1. The van der Waals surface area contributed by atoms with E-state index in [-0.39, 0.29) is 17.4 Å². The number of likely N-dealkylation sites (tertiary alicyclic amines) is 1. The molecule has 0 bridgehead atoms. The van der Waals surface area contributed by atoms with Crippen LogP contribution in [0.3, 0.4) is 0 Å². The highest BCUT2D eigenvalue weighted by Crippen LogP contribution is 2.27. The Balaban J connectivity index is 1.66. The van der Waals surface area contributed by atoms with Crippen LogP contribution in [0, 0.1) is 6.92 Å². The highest BCUT2D eigenvalue weighted by molar-refractivity contribution is 6.06. The van der Waals surface area contributed by atoms with Gasteiger partial charge in [0.15, 0.2) is 5.82 Å². The van der Waals surface area contributed by atoms with E-state index in [0.717, 1.165) is 18.2 Å². The molecule has 128 valence electrons. The maximum atomic E-state index is 13.1. The van der Waals surface area contributed by atoms with Gasteiger partial charge < -0.3 is 14.4 Å². The lowest BCUT2D eigenvalue weighted by molar-refractivity contribution is 0.0697. The lowest BCUT2D eigenvalue weighted by atomic mass is 9.97. The van der Waals surface area contributed by atoms with Crippen LogP contribution in [-0.4, -0.2) is 39.0 Å². The minimum absolute atomic E-state index is 0.0344. The molecule has 1 aliphatic heterocycles. The minimum atomic E-state index is -0.275. The maximum absolute atomic E-state index is 13.1. The molecule has 3 heterocycles. The van der Waals surface area contributed by atoms with E-state index in [1.165, 1.54) is 6.07 Å². The van der Waals surface area contributed by atoms with Crippen LogP contribution in [0.15, 0.2) is 39.6 Å². The van der Waals surface area contributed by atoms with Crippen molar-refractivity contribution in [3.05, 3.63) is 58.0 Å². The van der Waals surface area contributed by atoms with Crippen molar-refractivity contribution < 1.29 is 9.32 Å². The summed E-state index contributed by atoms with van der Waals surface area (Å²) < 4.78 is 5.27. The van der Waals surface area contributed by atoms with Crippen molar-refractivity contribution >= 4 is 16.8 Å². The van der Waals surface area contributed by atoms with Gasteiger partial charge >= 0.3 is 0 Å². The molecular weight excluding hydrogens is 320 g/mol. The molecule has 1 aromatic carbocycles. The molecule has 1 amide bonds. The molecule has 1 atom stereocenters. The predicted octanol–water partition coefficient (Wildman–Crippen LogP) is 2.24. The third-order valence-corrected chi connectivity index (χ3v) is 4.58. The molecule has 1 N–H and O–H groups in total. The molecule has 3 aromatic rings. The number of nitrogens with one attached hydrogen (secondary N) is 1. The number of piperidine rings is 1. The van der Waals surface area contributed by atoms with E-state index in [9.17, 15) is 9.59 Å². The smallest absolute Gasteiger partial charge is 0.254 e. The minimum Gasteiger partial charge on any atom is -0.339 e. The summed E-state index contributed by atoms with van der Waals surface area (Å²) in [5.74, 6) is 1.07. The van der Waals surface area contributed by atoms with Gasteiger partial charge in [-0.2, -0.15) is 4.98 Å². The van der Waals surface area contributed by atoms with Crippen LogP contribution in [0.2, 0.25) is 0 Å². The largest absolute Gasteiger partial charge is 0.339 e. The van der Waals surface area contributed by atoms with Crippen LogP contribution in [0.5, 0.6) is 0 Å². The average molecular weight is 338 g/mol. The lowest BCUT2D eigenvalue weighted by Crippen LogP contribution is -2.39. The molecule has 1 unspecified atom stereocenters. The van der Waals surface area contributed by atoms with Gasteiger partial charge in [-0.25, -0.2) is 0 Å². The first kappa shape index (κ1) is 15.6. The van der Waals surface area contributed by atoms with E-state index in [1.54, 1.807) is 17.9 Å². The second-order valence-electron chi connectivity index (χ2n) is 6.36. The summed E-state index contributed by atoms with van der Waals surface area (Å²) in [5.41, 5.74) is 0.823. The van der Waals surface area contributed by atoms with Crippen molar-refractivity contribution in [2.24, 2.45) is 0 Å². The van der Waals surface area contributed by atoms with Crippen LogP contribution in [0.1, 0.15) is 40.8 Å². The third kappa shape index (κ3) is 2.93. The first-order chi connectivity index (χ1) is 12.1. The summed E-state index contributed by atoms with van der Waals surface area (Å²) in [5, 5.41) is 4.59. The van der Waals surface area contributed by atoms with Gasteiger partial charge in [-0.05, 0) is 25.8 Å². The van der Waals surface area contributed by atoms with Crippen LogP contribution >= 0.6 is 0 Å². The molecule has 1 saturated heterocycles. The van der Waals surface area contributed by atoms with Crippen LogP contribution in [-0.2, 0) is 0 Å². The molecule has 25 heavy (non-hydrogen) atoms. The van der Waals surface area contributed by atoms with Crippen molar-refractivity contribution in [1.82, 2.24) is 20.0 Å². The second kappa shape index (κ2) is 6.16. The monoisotopic (exact) mass is 338 g/mol. The van der Waals surface area contributed by atoms with Gasteiger partial charge in [0.2, 0.25) is 11.4 Å². The topological polar surface area (TPSA) is 92.1 Å². The fourth-order valence-electron chi connectivity index (χ4n) is 3.39. The van der Waals surface area contributed by atoms with Gasteiger partial charge in [0.25, 0.3) is 5.91 Å². The van der Waals surface area contributed by atoms with E-state index < -0.39 is 0 Å². The molecule has 2 aromatic heterocycles. The summed E-state index contributed by atoms with van der Waals surface area (Å²) in [6, 6.07) is 8.72. The Hall–Kier alpha value is -2.96. The second-order valence-corrected chi connectivity index (χ2v) is 6.36. The zero-order valence-corrected chi connectivity index (χ0v) is 13.9. The third-order valence-electron chi connectivity index (χ3n) is 4.58. The number of pyridine rings is 1. The quantitative estimate of drug-likeness (QED) is 0.773. The number of hydrogen-bond acceptors (Lipinski definition) is 5. The zero-order valence-electron chi connectivity index (χ0n) is 13.9. The summed E-state index contributed by atoms with van der Waals surface area (Å²) in [6.07, 6.45) is 1.76. The van der Waals surface area contributed by atoms with E-state index in [0.29, 0.717) is 35.9 Å². The highest BCUT2D eigenvalue weighted by Gasteiger charge is 2.29. The Labute approximate surface area is 143 Å². The van der Waals surface area contributed by atoms with E-state index in [4.69, 9.17) is 4.52 Å². The molecule has 7 heteroatoms. The number of H-pyrrole nitrogens is 1.